The van der Waals surface area contributed by atoms with Crippen LogP contribution < -0.4 is 16.4 Å². The molecule has 0 aliphatic carbocycles. The van der Waals surface area contributed by atoms with E-state index in [0.29, 0.717) is 32.4 Å². The quantitative estimate of drug-likeness (QED) is 0.188. The molecule has 3 aliphatic heterocycles. The highest BCUT2D eigenvalue weighted by molar-refractivity contribution is 5.88. The molecular weight excluding hydrogens is 739 g/mol. The third kappa shape index (κ3) is 26.4. The fraction of sp³-hybridized carbons (Fsp3) is 0.480. The van der Waals surface area contributed by atoms with Crippen LogP contribution in [0.4, 0.5) is 0 Å². The van der Waals surface area contributed by atoms with Crippen molar-refractivity contribution >= 4 is 11.8 Å². The third-order valence-corrected chi connectivity index (χ3v) is 9.58. The average Bonchev–Trinajstić information content (AvgIpc) is 3.22. The van der Waals surface area contributed by atoms with Crippen molar-refractivity contribution in [2.24, 2.45) is 29.4 Å². The van der Waals surface area contributed by atoms with Crippen LogP contribution in [0.5, 0.6) is 0 Å². The maximum absolute atomic E-state index is 11.9. The van der Waals surface area contributed by atoms with Crippen LogP contribution in [0, 0.1) is 23.7 Å². The number of carbonyl (C=O) groups is 2. The molecule has 3 rings (SSSR count). The molecule has 59 heavy (non-hydrogen) atoms. The van der Waals surface area contributed by atoms with Crippen molar-refractivity contribution in [2.75, 3.05) is 13.1 Å². The zero-order valence-electron chi connectivity index (χ0n) is 36.7. The lowest BCUT2D eigenvalue weighted by Crippen LogP contribution is -2.52. The first-order valence-corrected chi connectivity index (χ1v) is 21.4. The van der Waals surface area contributed by atoms with E-state index in [-0.39, 0.29) is 59.8 Å². The van der Waals surface area contributed by atoms with Gasteiger partial charge in [-0.25, -0.2) is 0 Å². The van der Waals surface area contributed by atoms with Crippen LogP contribution in [-0.2, 0) is 19.1 Å². The molecule has 10 atom stereocenters. The molecule has 3 aliphatic rings. The number of ether oxygens (including phenoxy) is 2. The Bertz CT molecular complexity index is 1520. The highest BCUT2D eigenvalue weighted by Crippen LogP contribution is 2.25. The van der Waals surface area contributed by atoms with E-state index >= 15 is 0 Å². The second-order valence-electron chi connectivity index (χ2n) is 15.0. The van der Waals surface area contributed by atoms with Gasteiger partial charge in [0.1, 0.15) is 0 Å². The molecule has 3 heterocycles. The molecule has 0 spiro atoms. The number of amides is 2. The zero-order chi connectivity index (χ0) is 43.7. The molecule has 0 bridgehead atoms. The monoisotopic (exact) mass is 814 g/mol. The van der Waals surface area contributed by atoms with Crippen molar-refractivity contribution in [1.29, 1.82) is 0 Å². The number of hydrogen-bond acceptors (Lipinski definition) is 7. The van der Waals surface area contributed by atoms with Crippen LogP contribution >= 0.6 is 0 Å². The Hall–Kier alpha value is -4.38. The summed E-state index contributed by atoms with van der Waals surface area (Å²) in [6.45, 7) is 15.4. The van der Waals surface area contributed by atoms with Crippen LogP contribution in [-0.4, -0.2) is 71.9 Å². The third-order valence-electron chi connectivity index (χ3n) is 9.58. The van der Waals surface area contributed by atoms with Crippen molar-refractivity contribution in [3.05, 3.63) is 146 Å². The molecule has 326 valence electrons. The Morgan fingerprint density at radius 1 is 0.593 bits per heavy atom. The van der Waals surface area contributed by atoms with Crippen LogP contribution in [0.2, 0.25) is 0 Å². The molecule has 0 aromatic heterocycles. The van der Waals surface area contributed by atoms with E-state index in [1.807, 2.05) is 106 Å². The second-order valence-corrected chi connectivity index (χ2v) is 15.0. The molecule has 0 radical (unpaired) electrons. The number of carbonyl (C=O) groups excluding carboxylic acids is 2. The van der Waals surface area contributed by atoms with Gasteiger partial charge in [0.05, 0.1) is 24.4 Å². The number of allylic oxidation sites excluding steroid dienone is 18. The van der Waals surface area contributed by atoms with Gasteiger partial charge in [-0.3, -0.25) is 9.59 Å². The number of aliphatic hydroxyl groups excluding tert-OH is 2. The molecular formula is C50H75N3O6. The van der Waals surface area contributed by atoms with E-state index in [1.165, 1.54) is 12.2 Å². The second kappa shape index (κ2) is 33.5. The van der Waals surface area contributed by atoms with E-state index in [4.69, 9.17) is 15.2 Å². The fourth-order valence-corrected chi connectivity index (χ4v) is 5.75. The first-order chi connectivity index (χ1) is 28.5. The summed E-state index contributed by atoms with van der Waals surface area (Å²) < 4.78 is 12.2. The van der Waals surface area contributed by atoms with Gasteiger partial charge < -0.3 is 36.1 Å². The predicted molar refractivity (Wildman–Crippen MR) is 246 cm³/mol. The molecule has 10 unspecified atom stereocenters. The maximum atomic E-state index is 11.9. The topological polar surface area (TPSA) is 143 Å². The lowest BCUT2D eigenvalue weighted by atomic mass is 9.96. The predicted octanol–water partition coefficient (Wildman–Crippen LogP) is 8.61. The van der Waals surface area contributed by atoms with Gasteiger partial charge in [-0.2, -0.15) is 0 Å². The summed E-state index contributed by atoms with van der Waals surface area (Å²) in [5.41, 5.74) is 6.07. The van der Waals surface area contributed by atoms with Crippen LogP contribution in [0.25, 0.3) is 0 Å². The molecule has 9 heteroatoms. The van der Waals surface area contributed by atoms with Gasteiger partial charge in [0.15, 0.2) is 6.29 Å². The number of rotatable bonds is 2. The smallest absolute Gasteiger partial charge is 0.243 e. The molecule has 0 aromatic carbocycles. The molecule has 0 saturated carbocycles. The summed E-state index contributed by atoms with van der Waals surface area (Å²) in [6.07, 6.45) is 47.7. The van der Waals surface area contributed by atoms with Gasteiger partial charge in [0.25, 0.3) is 0 Å². The van der Waals surface area contributed by atoms with E-state index in [9.17, 15) is 19.8 Å². The Morgan fingerprint density at radius 2 is 1.02 bits per heavy atom. The van der Waals surface area contributed by atoms with Gasteiger partial charge in [0, 0.05) is 37.7 Å². The summed E-state index contributed by atoms with van der Waals surface area (Å²) >= 11 is 0. The van der Waals surface area contributed by atoms with Crippen LogP contribution in [0.3, 0.4) is 0 Å². The van der Waals surface area contributed by atoms with E-state index in [1.54, 1.807) is 18.2 Å². The number of nitrogens with one attached hydrogen (secondary N) is 2. The first-order valence-electron chi connectivity index (χ1n) is 21.4. The molecule has 1 saturated heterocycles. The molecule has 6 N–H and O–H groups in total. The highest BCUT2D eigenvalue weighted by Gasteiger charge is 2.35. The van der Waals surface area contributed by atoms with E-state index in [0.717, 1.165) is 12.8 Å². The normalized spacial score (nSPS) is 37.1. The van der Waals surface area contributed by atoms with Gasteiger partial charge in [0.2, 0.25) is 11.8 Å². The number of hydrogen-bond donors (Lipinski definition) is 5. The highest BCUT2D eigenvalue weighted by atomic mass is 16.7. The summed E-state index contributed by atoms with van der Waals surface area (Å²) in [6, 6.07) is -0.357. The summed E-state index contributed by atoms with van der Waals surface area (Å²) in [5.74, 6) is 0.792. The lowest BCUT2D eigenvalue weighted by Gasteiger charge is -2.38. The summed E-state index contributed by atoms with van der Waals surface area (Å²) in [7, 11) is 0. The molecule has 0 aromatic rings. The largest absolute Gasteiger partial charge is 0.393 e. The minimum Gasteiger partial charge on any atom is -0.393 e. The number of nitrogens with two attached hydrogens (primary N) is 1. The van der Waals surface area contributed by atoms with E-state index < -0.39 is 12.4 Å². The first kappa shape index (κ1) is 52.6. The molecule has 1 fully saturated rings. The Kier molecular flexibility index (Phi) is 29.8. The fourth-order valence-electron chi connectivity index (χ4n) is 5.75. The van der Waals surface area contributed by atoms with Crippen LogP contribution in [0.1, 0.15) is 80.6 Å². The summed E-state index contributed by atoms with van der Waals surface area (Å²) in [5, 5.41) is 25.9. The Morgan fingerprint density at radius 3 is 1.51 bits per heavy atom. The standard InChI is InChI=1S/C27H40N2O4.C21H29NO2.C2H6/c1-20-14-10-6-4-7-11-15-21(2)24(33-26-18-23(28)27(31)22(3)32-26)16-12-8-5-9-13-17-25(30)29-19-20;1-18-13-9-5-3-6-10-14-19(2)20(23)15-11-7-4-8-12-16-21(24)22-17-18;1-2/h4-14,17,20-24,26-27,31H,15-16,18-19,28H2,1-3H3,(H,29,30);3-13,16,18-20,23H,14-15,17H2,1-2H3,(H,22,24);1-2H3/b6-4-,9-5+,11-7+,12-8-,14-10+,17-13-;5-3-,8-4+,10-6+,11-7-,13-9+,16-12-;. The number of aliphatic hydroxyl groups is 2. The van der Waals surface area contributed by atoms with Gasteiger partial charge in [-0.15, -0.1) is 0 Å². The van der Waals surface area contributed by atoms with Crippen molar-refractivity contribution in [2.45, 2.75) is 117 Å². The minimum absolute atomic E-state index is 0.0596. The van der Waals surface area contributed by atoms with Crippen molar-refractivity contribution in [1.82, 2.24) is 10.6 Å². The van der Waals surface area contributed by atoms with Crippen LogP contribution in [0.15, 0.2) is 146 Å². The minimum atomic E-state index is -0.673. The maximum Gasteiger partial charge on any atom is 0.243 e. The SMILES string of the molecule is CC.CC1/C=C/C=C\C=C\CC(C)C(O)C\C=C/C=C/C=C\C(=O)NC1.CC1/C=C/C=C\C=C\CC(C)C(OC2CC(N)C(O)C(C)O2)C\C=C/C=C/C=C\C(=O)NC1. The Balaban J connectivity index is 0.000000593. The lowest BCUT2D eigenvalue weighted by molar-refractivity contribution is -0.244. The Labute approximate surface area is 356 Å². The summed E-state index contributed by atoms with van der Waals surface area (Å²) in [4.78, 5) is 23.5. The van der Waals surface area contributed by atoms with Crippen molar-refractivity contribution in [3.8, 4) is 0 Å². The van der Waals surface area contributed by atoms with Crippen molar-refractivity contribution < 1.29 is 29.3 Å². The van der Waals surface area contributed by atoms with Gasteiger partial charge in [-0.05, 0) is 56.3 Å². The van der Waals surface area contributed by atoms with Gasteiger partial charge >= 0.3 is 0 Å². The van der Waals surface area contributed by atoms with Gasteiger partial charge in [-0.1, -0.05) is 175 Å². The molecule has 9 nitrogen and oxygen atoms in total. The molecule has 2 amide bonds. The average molecular weight is 814 g/mol. The zero-order valence-corrected chi connectivity index (χ0v) is 36.7. The van der Waals surface area contributed by atoms with E-state index in [2.05, 4.69) is 68.7 Å². The van der Waals surface area contributed by atoms with Crippen molar-refractivity contribution in [3.63, 3.8) is 0 Å².